The van der Waals surface area contributed by atoms with Gasteiger partial charge in [0.1, 0.15) is 42.1 Å². The van der Waals surface area contributed by atoms with E-state index in [4.69, 9.17) is 5.73 Å². The van der Waals surface area contributed by atoms with Gasteiger partial charge in [-0.25, -0.2) is 12.8 Å². The molecule has 0 bridgehead atoms. The molecule has 0 saturated carbocycles. The van der Waals surface area contributed by atoms with Gasteiger partial charge in [0.15, 0.2) is 6.29 Å². The van der Waals surface area contributed by atoms with Crippen LogP contribution in [-0.4, -0.2) is 161 Å². The number of carbonyl (C=O) groups is 11. The molecule has 5 aromatic rings. The van der Waals surface area contributed by atoms with Crippen molar-refractivity contribution in [3.05, 3.63) is 137 Å². The molecule has 98 heavy (non-hydrogen) atoms. The molecule has 0 saturated heterocycles. The molecule has 0 aliphatic heterocycles. The van der Waals surface area contributed by atoms with E-state index >= 15 is 0 Å². The predicted molar refractivity (Wildman–Crippen MR) is 358 cm³/mol. The van der Waals surface area contributed by atoms with E-state index in [2.05, 4.69) is 68.3 Å². The van der Waals surface area contributed by atoms with Gasteiger partial charge in [0, 0.05) is 67.9 Å². The third-order valence-corrected chi connectivity index (χ3v) is 17.4. The number of carbonyl (C=O) groups excluding carboxylic acids is 9. The number of carboxylic acid groups (broad SMARTS) is 2. The Balaban J connectivity index is 1.23. The Labute approximate surface area is 567 Å². The number of aromatic amines is 1. The summed E-state index contributed by atoms with van der Waals surface area (Å²) in [5, 5.41) is 59.6. The molecule has 9 amide bonds. The number of sulfonamides is 1. The number of aromatic nitrogens is 1. The Bertz CT molecular complexity index is 3690. The van der Waals surface area contributed by atoms with Gasteiger partial charge in [-0.1, -0.05) is 95.6 Å². The minimum Gasteiger partial charge on any atom is -0.481 e. The van der Waals surface area contributed by atoms with Crippen molar-refractivity contribution in [2.45, 2.75) is 183 Å². The zero-order chi connectivity index (χ0) is 72.3. The van der Waals surface area contributed by atoms with E-state index < -0.39 is 163 Å². The van der Waals surface area contributed by atoms with Crippen LogP contribution in [0, 0.1) is 5.82 Å². The lowest BCUT2D eigenvalue weighted by Crippen LogP contribution is -2.58. The molecular formula is C68H90FN11O17S. The lowest BCUT2D eigenvalue weighted by molar-refractivity contribution is -0.140. The molecule has 5 rings (SSSR count). The first-order valence-electron chi connectivity index (χ1n) is 32.2. The minimum atomic E-state index is -4.55. The SMILES string of the molecule is CC(C)c1ccc(S(=O)(=O)NC(CC(=O)O)C(=O)NC(CCC(O)O)C(=O)NCC(=O)NC(Cc2cccc(F)c2)C(=O)NC(Cc2c[nH]c3ccccc23)C(=O)NC(CCC(=O)O)C(=O)NCCCCCC(=O)NC(CCCCNC(=O)c2ccc(C(C)(C)C)cc2)C(N)=O)cc1. The number of halogens is 1. The van der Waals surface area contributed by atoms with Crippen LogP contribution in [0.25, 0.3) is 10.9 Å². The average Bonchev–Trinajstić information content (AvgIpc) is 1.74. The summed E-state index contributed by atoms with van der Waals surface area (Å²) in [5.74, 6) is -11.3. The second-order valence-corrected chi connectivity index (χ2v) is 26.8. The summed E-state index contributed by atoms with van der Waals surface area (Å²) in [6.07, 6.45) is -2.04. The van der Waals surface area contributed by atoms with Gasteiger partial charge in [-0.2, -0.15) is 4.72 Å². The van der Waals surface area contributed by atoms with Crippen LogP contribution < -0.4 is 53.0 Å². The predicted octanol–water partition coefficient (Wildman–Crippen LogP) is 2.59. The van der Waals surface area contributed by atoms with Crippen LogP contribution in [-0.2, 0) is 76.2 Å². The van der Waals surface area contributed by atoms with E-state index in [-0.39, 0.29) is 53.5 Å². The number of nitrogens with one attached hydrogen (secondary N) is 10. The maximum Gasteiger partial charge on any atom is 0.305 e. The molecule has 1 heterocycles. The summed E-state index contributed by atoms with van der Waals surface area (Å²) in [6, 6.07) is 15.4. The number of amides is 9. The molecule has 4 aromatic carbocycles. The minimum absolute atomic E-state index is 0.0117. The van der Waals surface area contributed by atoms with E-state index in [1.807, 2.05) is 30.7 Å². The van der Waals surface area contributed by atoms with Crippen LogP contribution in [0.3, 0.4) is 0 Å². The van der Waals surface area contributed by atoms with Crippen molar-refractivity contribution in [3.8, 4) is 0 Å². The standard InChI is InChI=1S/C68H90FN11O17S/c1-40(2)42-22-26-47(27-23-42)98(96,97)80-55(37-60(87)88)67(95)78-52(29-31-59(85)86)64(92)74-39-57(82)76-53(35-41-14-13-15-46(69)34-41)65(93)79-54(36-44-38-73-49-17-9-8-16-48(44)49)66(94)77-51(28-30-58(83)84)63(91)72-32-11-6-7-19-56(81)75-50(61(70)89)18-10-12-33-71-62(90)43-20-24-45(25-21-43)68(3,4)5/h8-9,13-17,20-27,34,38,40,50-55,59,73,80,85-86H,6-7,10-12,18-19,28-33,35-37,39H2,1-5H3,(H2,70,89)(H,71,90)(H,72,91)(H,74,92)(H,75,81)(H,76,82)(H,77,94)(H,78,95)(H,79,93)(H,83,84)(H,87,88). The van der Waals surface area contributed by atoms with Crippen molar-refractivity contribution in [2.24, 2.45) is 5.73 Å². The van der Waals surface area contributed by atoms with Crippen molar-refractivity contribution < 1.29 is 86.0 Å². The van der Waals surface area contributed by atoms with Crippen LogP contribution in [0.4, 0.5) is 4.39 Å². The monoisotopic (exact) mass is 1380 g/mol. The fraction of sp³-hybridized carbons (Fsp3) is 0.456. The van der Waals surface area contributed by atoms with Crippen molar-refractivity contribution in [1.82, 2.24) is 52.2 Å². The summed E-state index contributed by atoms with van der Waals surface area (Å²) in [4.78, 5) is 149. The van der Waals surface area contributed by atoms with Gasteiger partial charge in [0.25, 0.3) is 5.91 Å². The highest BCUT2D eigenvalue weighted by Crippen LogP contribution is 2.24. The summed E-state index contributed by atoms with van der Waals surface area (Å²) in [5.41, 5.74) is 9.23. The summed E-state index contributed by atoms with van der Waals surface area (Å²) < 4.78 is 43.4. The molecule has 1 aromatic heterocycles. The molecule has 532 valence electrons. The highest BCUT2D eigenvalue weighted by molar-refractivity contribution is 7.89. The number of aliphatic hydroxyl groups is 2. The van der Waals surface area contributed by atoms with E-state index in [9.17, 15) is 86.0 Å². The highest BCUT2D eigenvalue weighted by Gasteiger charge is 2.34. The Morgan fingerprint density at radius 2 is 1.17 bits per heavy atom. The number of hydrogen-bond donors (Lipinski definition) is 15. The van der Waals surface area contributed by atoms with Crippen LogP contribution in [0.5, 0.6) is 0 Å². The Kier molecular flexibility index (Phi) is 30.9. The zero-order valence-corrected chi connectivity index (χ0v) is 56.2. The molecule has 28 nitrogen and oxygen atoms in total. The van der Waals surface area contributed by atoms with E-state index in [0.717, 1.165) is 23.3 Å². The normalized spacial score (nSPS) is 13.4. The van der Waals surface area contributed by atoms with Gasteiger partial charge < -0.3 is 73.7 Å². The number of primary amides is 1. The summed E-state index contributed by atoms with van der Waals surface area (Å²) in [7, 11) is -4.55. The smallest absolute Gasteiger partial charge is 0.305 e. The van der Waals surface area contributed by atoms with Crippen molar-refractivity contribution in [2.75, 3.05) is 19.6 Å². The average molecular weight is 1380 g/mol. The van der Waals surface area contributed by atoms with Gasteiger partial charge in [-0.3, -0.25) is 52.7 Å². The summed E-state index contributed by atoms with van der Waals surface area (Å²) in [6.45, 7) is 9.38. The second kappa shape index (κ2) is 38.3. The largest absolute Gasteiger partial charge is 0.481 e. The molecule has 0 spiro atoms. The van der Waals surface area contributed by atoms with E-state index in [1.165, 1.54) is 36.4 Å². The first kappa shape index (κ1) is 79.0. The lowest BCUT2D eigenvalue weighted by Gasteiger charge is -2.26. The zero-order valence-electron chi connectivity index (χ0n) is 55.4. The second-order valence-electron chi connectivity index (χ2n) is 25.1. The highest BCUT2D eigenvalue weighted by atomic mass is 32.2. The maximum atomic E-state index is 14.7. The van der Waals surface area contributed by atoms with Gasteiger partial charge in [0.05, 0.1) is 17.9 Å². The number of fused-ring (bicyclic) bond motifs is 1. The van der Waals surface area contributed by atoms with Crippen LogP contribution in [0.15, 0.2) is 108 Å². The van der Waals surface area contributed by atoms with Crippen molar-refractivity contribution in [1.29, 1.82) is 0 Å². The quantitative estimate of drug-likeness (QED) is 0.0197. The molecular weight excluding hydrogens is 1290 g/mol. The fourth-order valence-corrected chi connectivity index (χ4v) is 11.5. The maximum absolute atomic E-state index is 14.7. The van der Waals surface area contributed by atoms with Gasteiger partial charge >= 0.3 is 11.9 Å². The van der Waals surface area contributed by atoms with Gasteiger partial charge in [0.2, 0.25) is 57.3 Å². The number of benzene rings is 4. The molecule has 0 aliphatic rings. The molecule has 0 aliphatic carbocycles. The lowest BCUT2D eigenvalue weighted by atomic mass is 9.87. The number of carboxylic acids is 2. The Morgan fingerprint density at radius 1 is 0.571 bits per heavy atom. The number of aliphatic carboxylic acids is 2. The number of para-hydroxylation sites is 1. The molecule has 6 atom stereocenters. The topological polar surface area (TPSA) is 453 Å². The molecule has 0 radical (unpaired) electrons. The fourth-order valence-electron chi connectivity index (χ4n) is 10.3. The molecule has 16 N–H and O–H groups in total. The Morgan fingerprint density at radius 3 is 1.80 bits per heavy atom. The number of rotatable bonds is 41. The van der Waals surface area contributed by atoms with E-state index in [0.29, 0.717) is 60.7 Å². The Hall–Kier alpha value is -9.65. The first-order chi connectivity index (χ1) is 46.3. The third kappa shape index (κ3) is 26.7. The summed E-state index contributed by atoms with van der Waals surface area (Å²) >= 11 is 0. The molecule has 0 fully saturated rings. The number of nitrogens with two attached hydrogens (primary N) is 1. The number of aliphatic hydroxyl groups excluding tert-OH is 1. The molecule has 30 heteroatoms. The van der Waals surface area contributed by atoms with Crippen LogP contribution >= 0.6 is 0 Å². The molecule has 6 unspecified atom stereocenters. The van der Waals surface area contributed by atoms with Gasteiger partial charge in [-0.05, 0) is 121 Å². The van der Waals surface area contributed by atoms with Crippen molar-refractivity contribution in [3.63, 3.8) is 0 Å². The third-order valence-electron chi connectivity index (χ3n) is 15.9. The number of hydrogen-bond acceptors (Lipinski definition) is 15. The number of H-pyrrole nitrogens is 1. The van der Waals surface area contributed by atoms with Gasteiger partial charge in [-0.15, -0.1) is 0 Å². The van der Waals surface area contributed by atoms with Crippen LogP contribution in [0.2, 0.25) is 0 Å². The van der Waals surface area contributed by atoms with E-state index in [1.54, 1.807) is 42.6 Å². The van der Waals surface area contributed by atoms with Crippen molar-refractivity contribution >= 4 is 86.0 Å². The first-order valence-corrected chi connectivity index (χ1v) is 33.7. The van der Waals surface area contributed by atoms with Crippen LogP contribution in [0.1, 0.15) is 150 Å². The number of unbranched alkanes of at least 4 members (excludes halogenated alkanes) is 3.